The molecule has 0 spiro atoms. The van der Waals surface area contributed by atoms with E-state index in [0.717, 1.165) is 50.2 Å². The van der Waals surface area contributed by atoms with Crippen LogP contribution in [0.4, 0.5) is 0 Å². The van der Waals surface area contributed by atoms with Gasteiger partial charge in [-0.05, 0) is 39.0 Å². The molecule has 4 heteroatoms. The smallest absolute Gasteiger partial charge is 0.186 e. The zero-order chi connectivity index (χ0) is 16.9. The third kappa shape index (κ3) is 3.94. The number of fused-ring (bicyclic) bond motifs is 1. The number of nitrogens with one attached hydrogen (secondary N) is 1. The van der Waals surface area contributed by atoms with E-state index in [1.54, 1.807) is 12.3 Å². The van der Waals surface area contributed by atoms with Crippen LogP contribution in [-0.4, -0.2) is 42.0 Å². The Hall–Kier alpha value is -1.91. The molecular weight excluding hydrogens is 298 g/mol. The molecule has 1 unspecified atom stereocenters. The number of pyridine rings is 1. The SMILES string of the molecule is CN(C)CCCC1c2c([nH]ccc2=O)CCN1Cc1ccccc1. The van der Waals surface area contributed by atoms with Crippen LogP contribution in [0.1, 0.15) is 35.7 Å². The molecule has 0 fully saturated rings. The fourth-order valence-corrected chi connectivity index (χ4v) is 3.64. The van der Waals surface area contributed by atoms with E-state index in [9.17, 15) is 4.79 Å². The average molecular weight is 325 g/mol. The lowest BCUT2D eigenvalue weighted by molar-refractivity contribution is 0.159. The van der Waals surface area contributed by atoms with Gasteiger partial charge in [-0.2, -0.15) is 0 Å². The van der Waals surface area contributed by atoms with E-state index in [-0.39, 0.29) is 11.5 Å². The maximum Gasteiger partial charge on any atom is 0.186 e. The standard InChI is InChI=1S/C20H27N3O/c1-22(2)13-6-9-18-20-17(21-12-10-19(20)24)11-14-23(18)15-16-7-4-3-5-8-16/h3-5,7-8,10,12,18H,6,9,11,13-15H2,1-2H3,(H,21,24). The van der Waals surface area contributed by atoms with Crippen molar-refractivity contribution >= 4 is 0 Å². The van der Waals surface area contributed by atoms with Crippen molar-refractivity contribution in [2.75, 3.05) is 27.2 Å². The van der Waals surface area contributed by atoms with Gasteiger partial charge in [0, 0.05) is 49.1 Å². The van der Waals surface area contributed by atoms with Crippen molar-refractivity contribution in [1.29, 1.82) is 0 Å². The first-order valence-corrected chi connectivity index (χ1v) is 8.78. The molecule has 0 radical (unpaired) electrons. The largest absolute Gasteiger partial charge is 0.364 e. The van der Waals surface area contributed by atoms with Gasteiger partial charge in [-0.25, -0.2) is 0 Å². The third-order valence-electron chi connectivity index (χ3n) is 4.82. The number of aromatic amines is 1. The van der Waals surface area contributed by atoms with Crippen LogP contribution in [0.5, 0.6) is 0 Å². The summed E-state index contributed by atoms with van der Waals surface area (Å²) in [5.74, 6) is 0. The summed E-state index contributed by atoms with van der Waals surface area (Å²) in [5.41, 5.74) is 3.60. The molecule has 0 saturated carbocycles. The molecule has 1 aliphatic heterocycles. The van der Waals surface area contributed by atoms with E-state index in [4.69, 9.17) is 0 Å². The second kappa shape index (κ2) is 7.77. The summed E-state index contributed by atoms with van der Waals surface area (Å²) < 4.78 is 0. The number of nitrogens with zero attached hydrogens (tertiary/aromatic N) is 2. The van der Waals surface area contributed by atoms with Gasteiger partial charge in [0.1, 0.15) is 0 Å². The molecule has 0 amide bonds. The maximum absolute atomic E-state index is 12.5. The fourth-order valence-electron chi connectivity index (χ4n) is 3.64. The van der Waals surface area contributed by atoms with Crippen LogP contribution in [0.15, 0.2) is 47.4 Å². The fraction of sp³-hybridized carbons (Fsp3) is 0.450. The van der Waals surface area contributed by atoms with Crippen molar-refractivity contribution in [3.05, 3.63) is 69.6 Å². The molecule has 1 N–H and O–H groups in total. The van der Waals surface area contributed by atoms with Gasteiger partial charge >= 0.3 is 0 Å². The summed E-state index contributed by atoms with van der Waals surface area (Å²) >= 11 is 0. The number of hydrogen-bond donors (Lipinski definition) is 1. The predicted molar refractivity (Wildman–Crippen MR) is 98.1 cm³/mol. The Morgan fingerprint density at radius 1 is 1.21 bits per heavy atom. The molecule has 4 nitrogen and oxygen atoms in total. The van der Waals surface area contributed by atoms with E-state index in [1.165, 1.54) is 5.56 Å². The molecular formula is C20H27N3O. The zero-order valence-electron chi connectivity index (χ0n) is 14.7. The normalized spacial score (nSPS) is 17.9. The van der Waals surface area contributed by atoms with E-state index >= 15 is 0 Å². The minimum absolute atomic E-state index is 0.177. The first-order valence-electron chi connectivity index (χ1n) is 8.78. The number of rotatable bonds is 6. The summed E-state index contributed by atoms with van der Waals surface area (Å²) in [5, 5.41) is 0. The predicted octanol–water partition coefficient (Wildman–Crippen LogP) is 2.82. The lowest BCUT2D eigenvalue weighted by atomic mass is 9.92. The van der Waals surface area contributed by atoms with Crippen LogP contribution < -0.4 is 5.43 Å². The third-order valence-corrected chi connectivity index (χ3v) is 4.82. The van der Waals surface area contributed by atoms with Crippen LogP contribution in [0, 0.1) is 0 Å². The lowest BCUT2D eigenvalue weighted by Crippen LogP contribution is -2.39. The quantitative estimate of drug-likeness (QED) is 0.888. The molecule has 1 aromatic heterocycles. The van der Waals surface area contributed by atoms with Crippen LogP contribution in [-0.2, 0) is 13.0 Å². The van der Waals surface area contributed by atoms with Gasteiger partial charge in [0.25, 0.3) is 0 Å². The van der Waals surface area contributed by atoms with Gasteiger partial charge in [0.05, 0.1) is 0 Å². The lowest BCUT2D eigenvalue weighted by Gasteiger charge is -2.37. The van der Waals surface area contributed by atoms with Crippen LogP contribution >= 0.6 is 0 Å². The summed E-state index contributed by atoms with van der Waals surface area (Å²) in [7, 11) is 4.20. The van der Waals surface area contributed by atoms with Gasteiger partial charge in [0.2, 0.25) is 0 Å². The molecule has 1 aromatic carbocycles. The van der Waals surface area contributed by atoms with E-state index in [2.05, 4.69) is 53.1 Å². The summed E-state index contributed by atoms with van der Waals surface area (Å²) in [4.78, 5) is 20.5. The molecule has 0 bridgehead atoms. The molecule has 128 valence electrons. The van der Waals surface area contributed by atoms with Crippen molar-refractivity contribution in [3.63, 3.8) is 0 Å². The minimum Gasteiger partial charge on any atom is -0.364 e. The van der Waals surface area contributed by atoms with Gasteiger partial charge < -0.3 is 9.88 Å². The number of aromatic nitrogens is 1. The molecule has 1 atom stereocenters. The first kappa shape index (κ1) is 16.9. The average Bonchev–Trinajstić information content (AvgIpc) is 2.57. The molecule has 0 saturated heterocycles. The van der Waals surface area contributed by atoms with Crippen LogP contribution in [0.3, 0.4) is 0 Å². The van der Waals surface area contributed by atoms with Crippen LogP contribution in [0.2, 0.25) is 0 Å². The van der Waals surface area contributed by atoms with Crippen molar-refractivity contribution in [2.45, 2.75) is 31.8 Å². The highest BCUT2D eigenvalue weighted by Gasteiger charge is 2.29. The molecule has 24 heavy (non-hydrogen) atoms. The Morgan fingerprint density at radius 2 is 2.00 bits per heavy atom. The monoisotopic (exact) mass is 325 g/mol. The van der Waals surface area contributed by atoms with Gasteiger partial charge in [-0.15, -0.1) is 0 Å². The Labute approximate surface area is 144 Å². The number of H-pyrrole nitrogens is 1. The van der Waals surface area contributed by atoms with Crippen molar-refractivity contribution in [2.24, 2.45) is 0 Å². The Balaban J connectivity index is 1.84. The molecule has 2 aromatic rings. The summed E-state index contributed by atoms with van der Waals surface area (Å²) in [6, 6.07) is 12.4. The van der Waals surface area contributed by atoms with E-state index in [1.807, 2.05) is 6.07 Å². The van der Waals surface area contributed by atoms with Crippen molar-refractivity contribution < 1.29 is 0 Å². The number of benzene rings is 1. The second-order valence-electron chi connectivity index (χ2n) is 6.90. The topological polar surface area (TPSA) is 39.3 Å². The summed E-state index contributed by atoms with van der Waals surface area (Å²) in [6.45, 7) is 2.95. The number of hydrogen-bond acceptors (Lipinski definition) is 3. The Morgan fingerprint density at radius 3 is 2.75 bits per heavy atom. The molecule has 0 aliphatic carbocycles. The maximum atomic E-state index is 12.5. The van der Waals surface area contributed by atoms with E-state index in [0.29, 0.717) is 0 Å². The zero-order valence-corrected chi connectivity index (χ0v) is 14.7. The molecule has 3 rings (SSSR count). The van der Waals surface area contributed by atoms with Crippen molar-refractivity contribution in [1.82, 2.24) is 14.8 Å². The summed E-state index contributed by atoms with van der Waals surface area (Å²) in [6.07, 6.45) is 4.81. The highest BCUT2D eigenvalue weighted by Crippen LogP contribution is 2.31. The van der Waals surface area contributed by atoms with Gasteiger partial charge in [-0.1, -0.05) is 30.3 Å². The highest BCUT2D eigenvalue weighted by atomic mass is 16.1. The Bertz CT molecular complexity index is 708. The first-order chi connectivity index (χ1) is 11.6. The Kier molecular flexibility index (Phi) is 5.48. The van der Waals surface area contributed by atoms with Crippen LogP contribution in [0.25, 0.3) is 0 Å². The van der Waals surface area contributed by atoms with Gasteiger partial charge in [-0.3, -0.25) is 9.69 Å². The van der Waals surface area contributed by atoms with Crippen molar-refractivity contribution in [3.8, 4) is 0 Å². The highest BCUT2D eigenvalue weighted by molar-refractivity contribution is 5.27. The van der Waals surface area contributed by atoms with E-state index < -0.39 is 0 Å². The minimum atomic E-state index is 0.177. The second-order valence-corrected chi connectivity index (χ2v) is 6.90. The molecule has 1 aliphatic rings. The molecule has 2 heterocycles. The van der Waals surface area contributed by atoms with Gasteiger partial charge in [0.15, 0.2) is 5.43 Å².